The number of rotatable bonds is 4. The second-order valence-electron chi connectivity index (χ2n) is 7.66. The number of nitrogens with zero attached hydrogens (tertiary/aromatic N) is 3. The normalized spacial score (nSPS) is 14.7. The van der Waals surface area contributed by atoms with E-state index >= 15 is 0 Å². The van der Waals surface area contributed by atoms with Gasteiger partial charge in [-0.15, -0.1) is 0 Å². The van der Waals surface area contributed by atoms with E-state index in [1.165, 1.54) is 5.56 Å². The van der Waals surface area contributed by atoms with Crippen LogP contribution in [0.3, 0.4) is 0 Å². The molecule has 1 aromatic heterocycles. The van der Waals surface area contributed by atoms with Gasteiger partial charge in [-0.25, -0.2) is 0 Å². The number of para-hydroxylation sites is 2. The van der Waals surface area contributed by atoms with Crippen molar-refractivity contribution in [1.82, 2.24) is 4.57 Å². The van der Waals surface area contributed by atoms with Crippen molar-refractivity contribution in [2.45, 2.75) is 19.3 Å². The Hall–Kier alpha value is -3.26. The van der Waals surface area contributed by atoms with E-state index in [9.17, 15) is 10.1 Å². The van der Waals surface area contributed by atoms with E-state index in [0.717, 1.165) is 54.7 Å². The molecule has 0 atom stereocenters. The zero-order valence-electron chi connectivity index (χ0n) is 16.9. The molecule has 4 rings (SSSR count). The Morgan fingerprint density at radius 3 is 2.52 bits per heavy atom. The number of anilines is 1. The van der Waals surface area contributed by atoms with Gasteiger partial charge in [0.1, 0.15) is 17.4 Å². The van der Waals surface area contributed by atoms with Gasteiger partial charge >= 0.3 is 0 Å². The number of piperidine rings is 1. The predicted molar refractivity (Wildman–Crippen MR) is 116 cm³/mol. The topological polar surface area (TPSA) is 58.3 Å². The first-order chi connectivity index (χ1) is 14.1. The highest BCUT2D eigenvalue weighted by Crippen LogP contribution is 2.33. The van der Waals surface area contributed by atoms with E-state index in [1.807, 2.05) is 36.4 Å². The summed E-state index contributed by atoms with van der Waals surface area (Å²) in [6, 6.07) is 18.2. The van der Waals surface area contributed by atoms with E-state index in [0.29, 0.717) is 5.92 Å². The minimum absolute atomic E-state index is 0.225. The monoisotopic (exact) mass is 387 g/mol. The average molecular weight is 387 g/mol. The number of ether oxygens (including phenoxy) is 1. The van der Waals surface area contributed by atoms with Crippen molar-refractivity contribution in [2.75, 3.05) is 25.1 Å². The summed E-state index contributed by atoms with van der Waals surface area (Å²) in [7, 11) is 3.45. The molecule has 148 valence electrons. The molecule has 0 radical (unpaired) electrons. The fraction of sp³-hybridized carbons (Fsp3) is 0.333. The number of benzene rings is 2. The van der Waals surface area contributed by atoms with Crippen molar-refractivity contribution in [1.29, 1.82) is 5.26 Å². The maximum Gasteiger partial charge on any atom is 0.270 e. The van der Waals surface area contributed by atoms with E-state index in [1.54, 1.807) is 18.7 Å². The number of aromatic nitrogens is 1. The number of fused-ring (bicyclic) bond motifs is 1. The van der Waals surface area contributed by atoms with Crippen LogP contribution in [0.2, 0.25) is 0 Å². The fourth-order valence-corrected chi connectivity index (χ4v) is 4.45. The fourth-order valence-electron chi connectivity index (χ4n) is 4.45. The number of nitriles is 1. The van der Waals surface area contributed by atoms with Crippen LogP contribution in [0.1, 0.15) is 24.0 Å². The van der Waals surface area contributed by atoms with Crippen molar-refractivity contribution >= 4 is 16.6 Å². The Bertz CT molecular complexity index is 1140. The zero-order chi connectivity index (χ0) is 20.4. The van der Waals surface area contributed by atoms with Crippen LogP contribution in [0.5, 0.6) is 5.75 Å². The molecule has 29 heavy (non-hydrogen) atoms. The highest BCUT2D eigenvalue weighted by molar-refractivity contribution is 5.94. The SMILES string of the molecule is COc1ccccc1CC1CCN(c2c(C#N)c(=O)n(C)c3ccccc23)CC1. The van der Waals surface area contributed by atoms with Crippen LogP contribution in [0.15, 0.2) is 53.3 Å². The van der Waals surface area contributed by atoms with E-state index < -0.39 is 0 Å². The van der Waals surface area contributed by atoms with Crippen molar-refractivity contribution in [3.63, 3.8) is 0 Å². The molecule has 2 aromatic carbocycles. The lowest BCUT2D eigenvalue weighted by atomic mass is 9.89. The summed E-state index contributed by atoms with van der Waals surface area (Å²) in [6.45, 7) is 1.68. The Morgan fingerprint density at radius 2 is 1.79 bits per heavy atom. The summed E-state index contributed by atoms with van der Waals surface area (Å²) in [6.07, 6.45) is 3.03. The molecule has 1 saturated heterocycles. The molecule has 0 aliphatic carbocycles. The molecule has 1 fully saturated rings. The summed E-state index contributed by atoms with van der Waals surface area (Å²) in [5.41, 5.74) is 2.92. The smallest absolute Gasteiger partial charge is 0.270 e. The van der Waals surface area contributed by atoms with Crippen LogP contribution in [-0.4, -0.2) is 24.8 Å². The van der Waals surface area contributed by atoms with Crippen LogP contribution >= 0.6 is 0 Å². The van der Waals surface area contributed by atoms with Gasteiger partial charge in [0.15, 0.2) is 0 Å². The third-order valence-corrected chi connectivity index (χ3v) is 6.02. The number of aryl methyl sites for hydroxylation is 1. The van der Waals surface area contributed by atoms with Crippen molar-refractivity contribution < 1.29 is 4.74 Å². The molecular formula is C24H25N3O2. The molecule has 2 heterocycles. The largest absolute Gasteiger partial charge is 0.496 e. The first-order valence-corrected chi connectivity index (χ1v) is 10.0. The summed E-state index contributed by atoms with van der Waals surface area (Å²) in [4.78, 5) is 15.0. The van der Waals surface area contributed by atoms with Crippen molar-refractivity contribution in [2.24, 2.45) is 13.0 Å². The molecule has 0 bridgehead atoms. The molecule has 0 unspecified atom stereocenters. The lowest BCUT2D eigenvalue weighted by Crippen LogP contribution is -2.36. The molecule has 0 N–H and O–H groups in total. The van der Waals surface area contributed by atoms with Gasteiger partial charge in [0.05, 0.1) is 18.3 Å². The summed E-state index contributed by atoms with van der Waals surface area (Å²) < 4.78 is 7.07. The highest BCUT2D eigenvalue weighted by Gasteiger charge is 2.25. The molecule has 0 saturated carbocycles. The Labute approximate surface area is 170 Å². The van der Waals surface area contributed by atoms with E-state index in [2.05, 4.69) is 23.1 Å². The van der Waals surface area contributed by atoms with Gasteiger partial charge in [0, 0.05) is 25.5 Å². The van der Waals surface area contributed by atoms with E-state index in [-0.39, 0.29) is 11.1 Å². The zero-order valence-corrected chi connectivity index (χ0v) is 16.9. The Balaban J connectivity index is 1.61. The Kier molecular flexibility index (Phi) is 5.26. The van der Waals surface area contributed by atoms with Crippen molar-refractivity contribution in [3.8, 4) is 11.8 Å². The van der Waals surface area contributed by atoms with Gasteiger partial charge in [0.25, 0.3) is 5.56 Å². The summed E-state index contributed by atoms with van der Waals surface area (Å²) in [5.74, 6) is 1.50. The van der Waals surface area contributed by atoms with Crippen LogP contribution in [0.4, 0.5) is 5.69 Å². The number of pyridine rings is 1. The molecule has 0 amide bonds. The molecule has 3 aromatic rings. The molecule has 1 aliphatic heterocycles. The van der Waals surface area contributed by atoms with Gasteiger partial charge in [0.2, 0.25) is 0 Å². The standard InChI is InChI=1S/C24H25N3O2/c1-26-21-9-5-4-8-19(21)23(20(16-25)24(26)28)27-13-11-17(12-14-27)15-18-7-3-6-10-22(18)29-2/h3-10,17H,11-15H2,1-2H3. The van der Waals surface area contributed by atoms with Crippen LogP contribution < -0.4 is 15.2 Å². The average Bonchev–Trinajstić information content (AvgIpc) is 2.77. The minimum Gasteiger partial charge on any atom is -0.496 e. The van der Waals surface area contributed by atoms with Gasteiger partial charge in [-0.3, -0.25) is 4.79 Å². The molecule has 0 spiro atoms. The maximum atomic E-state index is 12.8. The molecule has 5 heteroatoms. The van der Waals surface area contributed by atoms with Gasteiger partial charge in [-0.1, -0.05) is 36.4 Å². The van der Waals surface area contributed by atoms with Crippen molar-refractivity contribution in [3.05, 3.63) is 70.0 Å². The van der Waals surface area contributed by atoms with Crippen LogP contribution in [0.25, 0.3) is 10.9 Å². The first kappa shape index (κ1) is 19.1. The third kappa shape index (κ3) is 3.47. The van der Waals surface area contributed by atoms with E-state index in [4.69, 9.17) is 4.74 Å². The maximum absolute atomic E-state index is 12.8. The third-order valence-electron chi connectivity index (χ3n) is 6.02. The second-order valence-corrected chi connectivity index (χ2v) is 7.66. The quantitative estimate of drug-likeness (QED) is 0.682. The molecule has 1 aliphatic rings. The second kappa shape index (κ2) is 8.00. The summed E-state index contributed by atoms with van der Waals surface area (Å²) in [5, 5.41) is 10.7. The number of hydrogen-bond donors (Lipinski definition) is 0. The van der Waals surface area contributed by atoms with Gasteiger partial charge in [-0.2, -0.15) is 5.26 Å². The van der Waals surface area contributed by atoms with Gasteiger partial charge in [-0.05, 0) is 42.9 Å². The lowest BCUT2D eigenvalue weighted by Gasteiger charge is -2.35. The predicted octanol–water partition coefficient (Wildman–Crippen LogP) is 3.88. The number of methoxy groups -OCH3 is 1. The Morgan fingerprint density at radius 1 is 1.10 bits per heavy atom. The minimum atomic E-state index is -0.225. The van der Waals surface area contributed by atoms with Crippen LogP contribution in [-0.2, 0) is 13.5 Å². The van der Waals surface area contributed by atoms with Gasteiger partial charge < -0.3 is 14.2 Å². The van der Waals surface area contributed by atoms with Crippen LogP contribution in [0, 0.1) is 17.2 Å². The lowest BCUT2D eigenvalue weighted by molar-refractivity contribution is 0.381. The first-order valence-electron chi connectivity index (χ1n) is 10.0. The highest BCUT2D eigenvalue weighted by atomic mass is 16.5. The summed E-state index contributed by atoms with van der Waals surface area (Å²) >= 11 is 0. The number of hydrogen-bond acceptors (Lipinski definition) is 4. The molecule has 5 nitrogen and oxygen atoms in total. The molecular weight excluding hydrogens is 362 g/mol.